The molecule has 4 nitrogen and oxygen atoms in total. The lowest BCUT2D eigenvalue weighted by atomic mass is 10.2. The third kappa shape index (κ3) is 4.26. The molecule has 0 fully saturated rings. The highest BCUT2D eigenvalue weighted by Crippen LogP contribution is 2.21. The zero-order chi connectivity index (χ0) is 16.9. The van der Waals surface area contributed by atoms with Crippen molar-refractivity contribution in [2.24, 2.45) is 0 Å². The Balaban J connectivity index is 1.60. The molecule has 2 aromatic carbocycles. The Morgan fingerprint density at radius 2 is 1.75 bits per heavy atom. The van der Waals surface area contributed by atoms with E-state index in [-0.39, 0.29) is 5.91 Å². The van der Waals surface area contributed by atoms with Crippen LogP contribution in [0.1, 0.15) is 15.2 Å². The van der Waals surface area contributed by atoms with Crippen molar-refractivity contribution in [1.29, 1.82) is 0 Å². The van der Waals surface area contributed by atoms with Crippen LogP contribution in [-0.2, 0) is 6.54 Å². The van der Waals surface area contributed by atoms with Gasteiger partial charge < -0.3 is 10.6 Å². The predicted molar refractivity (Wildman–Crippen MR) is 100 cm³/mol. The Morgan fingerprint density at radius 1 is 1.04 bits per heavy atom. The Kier molecular flexibility index (Phi) is 5.35. The van der Waals surface area contributed by atoms with E-state index in [1.54, 1.807) is 30.5 Å². The van der Waals surface area contributed by atoms with Crippen LogP contribution >= 0.6 is 34.5 Å². The Morgan fingerprint density at radius 3 is 2.42 bits per heavy atom. The highest BCUT2D eigenvalue weighted by Gasteiger charge is 2.09. The number of hydrogen-bond acceptors (Lipinski definition) is 4. The average molecular weight is 378 g/mol. The molecule has 7 heteroatoms. The fraction of sp³-hybridized carbons (Fsp3) is 0.0588. The number of carbonyl (C=O) groups excluding carboxylic acids is 1. The van der Waals surface area contributed by atoms with Crippen LogP contribution < -0.4 is 10.6 Å². The number of halogens is 2. The molecule has 1 aromatic heterocycles. The second kappa shape index (κ2) is 7.66. The van der Waals surface area contributed by atoms with Gasteiger partial charge in [0.15, 0.2) is 4.47 Å². The summed E-state index contributed by atoms with van der Waals surface area (Å²) in [7, 11) is 0. The van der Waals surface area contributed by atoms with Crippen LogP contribution in [0, 0.1) is 0 Å². The van der Waals surface area contributed by atoms with E-state index >= 15 is 0 Å². The summed E-state index contributed by atoms with van der Waals surface area (Å²) in [6.07, 6.45) is 1.75. The van der Waals surface area contributed by atoms with E-state index in [2.05, 4.69) is 15.6 Å². The van der Waals surface area contributed by atoms with Crippen molar-refractivity contribution in [2.75, 3.05) is 10.6 Å². The van der Waals surface area contributed by atoms with E-state index in [1.165, 1.54) is 11.3 Å². The lowest BCUT2D eigenvalue weighted by molar-refractivity contribution is 0.102. The number of anilines is 2. The number of aromatic nitrogens is 1. The summed E-state index contributed by atoms with van der Waals surface area (Å²) in [5.74, 6) is -0.236. The Labute approximate surface area is 153 Å². The Hall–Kier alpha value is -2.08. The first-order valence-corrected chi connectivity index (χ1v) is 8.69. The number of benzene rings is 2. The first kappa shape index (κ1) is 16.8. The summed E-state index contributed by atoms with van der Waals surface area (Å²) >= 11 is 13.3. The molecule has 0 aliphatic carbocycles. The Bertz CT molecular complexity index is 849. The van der Waals surface area contributed by atoms with E-state index in [1.807, 2.05) is 24.3 Å². The van der Waals surface area contributed by atoms with Gasteiger partial charge in [-0.05, 0) is 36.4 Å². The largest absolute Gasteiger partial charge is 0.380 e. The molecule has 0 aliphatic heterocycles. The summed E-state index contributed by atoms with van der Waals surface area (Å²) < 4.78 is 0.532. The summed E-state index contributed by atoms with van der Waals surface area (Å²) in [5, 5.41) is 6.53. The molecule has 1 amide bonds. The van der Waals surface area contributed by atoms with Crippen LogP contribution in [0.4, 0.5) is 11.4 Å². The third-order valence-electron chi connectivity index (χ3n) is 3.25. The number of thiazole rings is 1. The molecule has 0 saturated carbocycles. The molecule has 3 aromatic rings. The molecule has 0 bridgehead atoms. The van der Waals surface area contributed by atoms with Crippen molar-refractivity contribution < 1.29 is 4.79 Å². The van der Waals surface area contributed by atoms with Crippen LogP contribution in [0.25, 0.3) is 0 Å². The van der Waals surface area contributed by atoms with Gasteiger partial charge in [-0.2, -0.15) is 0 Å². The van der Waals surface area contributed by atoms with Gasteiger partial charge in [0.1, 0.15) is 0 Å². The van der Waals surface area contributed by atoms with E-state index in [9.17, 15) is 4.79 Å². The maximum Gasteiger partial charge on any atom is 0.257 e. The molecule has 0 aliphatic rings. The fourth-order valence-electron chi connectivity index (χ4n) is 2.07. The lowest BCUT2D eigenvalue weighted by Crippen LogP contribution is -2.12. The van der Waals surface area contributed by atoms with Crippen molar-refractivity contribution in [3.63, 3.8) is 0 Å². The molecule has 3 rings (SSSR count). The highest BCUT2D eigenvalue weighted by atomic mass is 35.5. The van der Waals surface area contributed by atoms with Gasteiger partial charge in [-0.25, -0.2) is 4.98 Å². The van der Waals surface area contributed by atoms with Crippen molar-refractivity contribution in [2.45, 2.75) is 6.54 Å². The van der Waals surface area contributed by atoms with Crippen LogP contribution in [0.3, 0.4) is 0 Å². The van der Waals surface area contributed by atoms with Gasteiger partial charge in [0, 0.05) is 22.4 Å². The summed E-state index contributed by atoms with van der Waals surface area (Å²) in [5.41, 5.74) is 2.09. The minimum absolute atomic E-state index is 0.236. The quantitative estimate of drug-likeness (QED) is 0.632. The van der Waals surface area contributed by atoms with E-state index < -0.39 is 0 Å². The molecule has 1 heterocycles. The first-order chi connectivity index (χ1) is 11.6. The molecule has 0 saturated heterocycles. The van der Waals surface area contributed by atoms with Gasteiger partial charge >= 0.3 is 0 Å². The van der Waals surface area contributed by atoms with Crippen LogP contribution in [-0.4, -0.2) is 10.9 Å². The number of nitrogens with zero attached hydrogens (tertiary/aromatic N) is 1. The molecule has 0 unspecified atom stereocenters. The molecule has 0 atom stereocenters. The molecule has 2 N–H and O–H groups in total. The van der Waals surface area contributed by atoms with Crippen molar-refractivity contribution >= 4 is 51.8 Å². The van der Waals surface area contributed by atoms with Gasteiger partial charge in [0.25, 0.3) is 5.91 Å². The fourth-order valence-corrected chi connectivity index (χ4v) is 3.21. The van der Waals surface area contributed by atoms with E-state index in [0.29, 0.717) is 27.3 Å². The predicted octanol–water partition coefficient (Wildman–Crippen LogP) is 5.31. The van der Waals surface area contributed by atoms with Gasteiger partial charge in [-0.3, -0.25) is 4.79 Å². The summed E-state index contributed by atoms with van der Waals surface area (Å²) in [6, 6.07) is 14.4. The normalized spacial score (nSPS) is 10.4. The zero-order valence-electron chi connectivity index (χ0n) is 12.4. The third-order valence-corrected chi connectivity index (χ3v) is 4.70. The number of hydrogen-bond donors (Lipinski definition) is 2. The molecule has 122 valence electrons. The van der Waals surface area contributed by atoms with Gasteiger partial charge in [-0.15, -0.1) is 11.3 Å². The zero-order valence-corrected chi connectivity index (χ0v) is 14.8. The monoisotopic (exact) mass is 377 g/mol. The van der Waals surface area contributed by atoms with E-state index in [0.717, 1.165) is 10.6 Å². The van der Waals surface area contributed by atoms with Crippen LogP contribution in [0.15, 0.2) is 54.7 Å². The number of amides is 1. The lowest BCUT2D eigenvalue weighted by Gasteiger charge is -2.08. The van der Waals surface area contributed by atoms with Gasteiger partial charge in [0.05, 0.1) is 17.1 Å². The van der Waals surface area contributed by atoms with Crippen LogP contribution in [0.5, 0.6) is 0 Å². The van der Waals surface area contributed by atoms with Crippen molar-refractivity contribution in [1.82, 2.24) is 4.98 Å². The van der Waals surface area contributed by atoms with Crippen molar-refractivity contribution in [3.05, 3.63) is 74.7 Å². The van der Waals surface area contributed by atoms with Crippen LogP contribution in [0.2, 0.25) is 9.49 Å². The minimum atomic E-state index is -0.236. The second-order valence-electron chi connectivity index (χ2n) is 4.94. The minimum Gasteiger partial charge on any atom is -0.380 e. The SMILES string of the molecule is O=C(Nc1ccc(NCc2cnc(Cl)s2)cc1)c1ccccc1Cl. The smallest absolute Gasteiger partial charge is 0.257 e. The molecular weight excluding hydrogens is 365 g/mol. The molecular formula is C17H13Cl2N3OS. The maximum absolute atomic E-state index is 12.2. The topological polar surface area (TPSA) is 54.0 Å². The number of rotatable bonds is 5. The average Bonchev–Trinajstić information content (AvgIpc) is 3.00. The maximum atomic E-state index is 12.2. The van der Waals surface area contributed by atoms with Gasteiger partial charge in [-0.1, -0.05) is 35.3 Å². The first-order valence-electron chi connectivity index (χ1n) is 7.12. The second-order valence-corrected chi connectivity index (χ2v) is 7.05. The molecule has 24 heavy (non-hydrogen) atoms. The van der Waals surface area contributed by atoms with Gasteiger partial charge in [0.2, 0.25) is 0 Å². The molecule has 0 spiro atoms. The summed E-state index contributed by atoms with van der Waals surface area (Å²) in [4.78, 5) is 17.3. The van der Waals surface area contributed by atoms with E-state index in [4.69, 9.17) is 23.2 Å². The summed E-state index contributed by atoms with van der Waals surface area (Å²) in [6.45, 7) is 0.649. The molecule has 0 radical (unpaired) electrons. The number of carbonyl (C=O) groups is 1. The highest BCUT2D eigenvalue weighted by molar-refractivity contribution is 7.15. The standard InChI is InChI=1S/C17H13Cl2N3OS/c18-15-4-2-1-3-14(15)16(23)22-12-7-5-11(6-8-12)20-9-13-10-21-17(19)24-13/h1-8,10,20H,9H2,(H,22,23). The number of nitrogens with one attached hydrogen (secondary N) is 2. The van der Waals surface area contributed by atoms with Crippen molar-refractivity contribution in [3.8, 4) is 0 Å².